The van der Waals surface area contributed by atoms with Crippen LogP contribution in [0.1, 0.15) is 92.2 Å². The van der Waals surface area contributed by atoms with Crippen molar-refractivity contribution in [3.8, 4) is 0 Å². The highest BCUT2D eigenvalue weighted by Gasteiger charge is 1.91. The smallest absolute Gasteiger partial charge is 0.0267 e. The number of unbranched alkanes of at least 4 members (excludes halogenated alkanes) is 7. The molecular formula is C14H30. The summed E-state index contributed by atoms with van der Waals surface area (Å²) in [5, 5.41) is 0. The van der Waals surface area contributed by atoms with Crippen LogP contribution in [-0.2, 0) is 0 Å². The second-order valence-corrected chi connectivity index (χ2v) is 4.34. The standard InChI is InChI=1S/C14H30/c1-3-5-7-9-11-13-14-12-10-8-6-4-2/h3-14H2,1-2H3/i7D. The Balaban J connectivity index is 2.98. The molecule has 0 nitrogen and oxygen atoms in total. The van der Waals surface area contributed by atoms with Crippen molar-refractivity contribution in [2.45, 2.75) is 90.9 Å². The van der Waals surface area contributed by atoms with Gasteiger partial charge in [-0.3, -0.25) is 0 Å². The van der Waals surface area contributed by atoms with Crippen LogP contribution < -0.4 is 0 Å². The van der Waals surface area contributed by atoms with Gasteiger partial charge >= 0.3 is 0 Å². The third-order valence-corrected chi connectivity index (χ3v) is 2.75. The van der Waals surface area contributed by atoms with E-state index in [0.29, 0.717) is 0 Å². The molecule has 0 heteroatoms. The van der Waals surface area contributed by atoms with Crippen molar-refractivity contribution in [3.05, 3.63) is 0 Å². The van der Waals surface area contributed by atoms with Crippen molar-refractivity contribution in [3.63, 3.8) is 0 Å². The molecule has 0 heterocycles. The second-order valence-electron chi connectivity index (χ2n) is 4.34. The molecule has 0 rings (SSSR count). The molecule has 0 fully saturated rings. The molecule has 0 saturated carbocycles. The highest BCUT2D eigenvalue weighted by molar-refractivity contribution is 4.47. The summed E-state index contributed by atoms with van der Waals surface area (Å²) in [7, 11) is 0. The van der Waals surface area contributed by atoms with Crippen molar-refractivity contribution in [1.82, 2.24) is 0 Å². The number of rotatable bonds is 11. The first-order chi connectivity index (χ1) is 7.31. The normalized spacial score (nSPS) is 14.0. The van der Waals surface area contributed by atoms with Crippen molar-refractivity contribution < 1.29 is 1.37 Å². The minimum Gasteiger partial charge on any atom is -0.0654 e. The summed E-state index contributed by atoms with van der Waals surface area (Å²) in [4.78, 5) is 0. The first-order valence-electron chi connectivity index (χ1n) is 7.31. The van der Waals surface area contributed by atoms with E-state index in [-0.39, 0.29) is 6.40 Å². The van der Waals surface area contributed by atoms with Gasteiger partial charge in [-0.15, -0.1) is 0 Å². The summed E-state index contributed by atoms with van der Waals surface area (Å²) in [6.45, 7) is 4.44. The Morgan fingerprint density at radius 3 is 1.50 bits per heavy atom. The van der Waals surface area contributed by atoms with Gasteiger partial charge in [-0.1, -0.05) is 90.9 Å². The van der Waals surface area contributed by atoms with Gasteiger partial charge in [0.2, 0.25) is 0 Å². The Morgan fingerprint density at radius 1 is 0.571 bits per heavy atom. The maximum atomic E-state index is 7.74. The molecule has 0 radical (unpaired) electrons. The van der Waals surface area contributed by atoms with Crippen molar-refractivity contribution in [2.24, 2.45) is 0 Å². The van der Waals surface area contributed by atoms with Gasteiger partial charge in [0.15, 0.2) is 0 Å². The Labute approximate surface area is 92.9 Å². The van der Waals surface area contributed by atoms with E-state index in [4.69, 9.17) is 1.37 Å². The molecule has 1 atom stereocenters. The third kappa shape index (κ3) is 12.0. The maximum absolute atomic E-state index is 7.74. The van der Waals surface area contributed by atoms with Crippen molar-refractivity contribution >= 4 is 0 Å². The number of hydrogen-bond donors (Lipinski definition) is 0. The van der Waals surface area contributed by atoms with Gasteiger partial charge in [0.05, 0.1) is 0 Å². The molecule has 0 aromatic carbocycles. The van der Waals surface area contributed by atoms with E-state index in [0.717, 1.165) is 12.8 Å². The Bertz CT molecular complexity index is 112. The first kappa shape index (κ1) is 12.1. The third-order valence-electron chi connectivity index (χ3n) is 2.75. The zero-order valence-corrected chi connectivity index (χ0v) is 10.4. The highest BCUT2D eigenvalue weighted by atomic mass is 14.0. The zero-order chi connectivity index (χ0) is 11.4. The molecule has 86 valence electrons. The molecule has 0 aliphatic carbocycles. The van der Waals surface area contributed by atoms with E-state index in [1.54, 1.807) is 0 Å². The minimum absolute atomic E-state index is 0.218. The van der Waals surface area contributed by atoms with Crippen LogP contribution in [0.15, 0.2) is 0 Å². The lowest BCUT2D eigenvalue weighted by atomic mass is 10.1. The van der Waals surface area contributed by atoms with Crippen LogP contribution in [0.2, 0.25) is 0 Å². The summed E-state index contributed by atoms with van der Waals surface area (Å²) in [5.74, 6) is 0. The summed E-state index contributed by atoms with van der Waals surface area (Å²) in [5.41, 5.74) is 0. The molecule has 0 aromatic rings. The Hall–Kier alpha value is 0. The fraction of sp³-hybridized carbons (Fsp3) is 1.00. The predicted octanol–water partition coefficient (Wildman–Crippen LogP) is 5.71. The molecule has 0 spiro atoms. The topological polar surface area (TPSA) is 0 Å². The van der Waals surface area contributed by atoms with Crippen LogP contribution in [0, 0.1) is 0 Å². The van der Waals surface area contributed by atoms with E-state index in [9.17, 15) is 0 Å². The lowest BCUT2D eigenvalue weighted by Crippen LogP contribution is -1.81. The van der Waals surface area contributed by atoms with Crippen LogP contribution in [0.25, 0.3) is 0 Å². The predicted molar refractivity (Wildman–Crippen MR) is 66.8 cm³/mol. The average molecular weight is 199 g/mol. The van der Waals surface area contributed by atoms with Crippen LogP contribution >= 0.6 is 0 Å². The molecule has 0 aromatic heterocycles. The molecular weight excluding hydrogens is 168 g/mol. The SMILES string of the molecule is [2H]C(CCC)CCCCCCCCCC. The maximum Gasteiger partial charge on any atom is 0.0267 e. The van der Waals surface area contributed by atoms with E-state index < -0.39 is 0 Å². The summed E-state index contributed by atoms with van der Waals surface area (Å²) in [6.07, 6.45) is 14.6. The van der Waals surface area contributed by atoms with Gasteiger partial charge in [0.25, 0.3) is 0 Å². The summed E-state index contributed by atoms with van der Waals surface area (Å²) >= 11 is 0. The molecule has 14 heavy (non-hydrogen) atoms. The Morgan fingerprint density at radius 2 is 1.00 bits per heavy atom. The number of hydrogen-bond acceptors (Lipinski definition) is 0. The van der Waals surface area contributed by atoms with Gasteiger partial charge in [-0.25, -0.2) is 0 Å². The van der Waals surface area contributed by atoms with Crippen LogP contribution in [0.3, 0.4) is 0 Å². The Kier molecular flexibility index (Phi) is 11.2. The van der Waals surface area contributed by atoms with Gasteiger partial charge in [0.1, 0.15) is 0 Å². The molecule has 0 aliphatic rings. The molecule has 0 N–H and O–H groups in total. The van der Waals surface area contributed by atoms with Gasteiger partial charge in [-0.2, -0.15) is 0 Å². The zero-order valence-electron chi connectivity index (χ0n) is 11.4. The highest BCUT2D eigenvalue weighted by Crippen LogP contribution is 2.11. The van der Waals surface area contributed by atoms with E-state index in [2.05, 4.69) is 13.8 Å². The fourth-order valence-electron chi connectivity index (χ4n) is 1.77. The summed E-state index contributed by atoms with van der Waals surface area (Å²) < 4.78 is 7.74. The van der Waals surface area contributed by atoms with Crippen LogP contribution in [0.5, 0.6) is 0 Å². The van der Waals surface area contributed by atoms with Crippen molar-refractivity contribution in [1.29, 1.82) is 0 Å². The van der Waals surface area contributed by atoms with Crippen LogP contribution in [-0.4, -0.2) is 0 Å². The average Bonchev–Trinajstić information content (AvgIpc) is 2.22. The first-order valence-corrected chi connectivity index (χ1v) is 6.73. The van der Waals surface area contributed by atoms with Gasteiger partial charge in [-0.05, 0) is 0 Å². The van der Waals surface area contributed by atoms with Gasteiger partial charge < -0.3 is 0 Å². The molecule has 0 amide bonds. The monoisotopic (exact) mass is 199 g/mol. The van der Waals surface area contributed by atoms with Crippen LogP contribution in [0.4, 0.5) is 0 Å². The quantitative estimate of drug-likeness (QED) is 0.374. The van der Waals surface area contributed by atoms with E-state index >= 15 is 0 Å². The molecule has 0 bridgehead atoms. The lowest BCUT2D eigenvalue weighted by Gasteiger charge is -2.01. The van der Waals surface area contributed by atoms with Crippen molar-refractivity contribution in [2.75, 3.05) is 0 Å². The lowest BCUT2D eigenvalue weighted by molar-refractivity contribution is 0.548. The largest absolute Gasteiger partial charge is 0.0654 e. The molecule has 1 unspecified atom stereocenters. The minimum atomic E-state index is 0.218. The second kappa shape index (κ2) is 13.0. The molecule has 0 aliphatic heterocycles. The van der Waals surface area contributed by atoms with Gasteiger partial charge in [0, 0.05) is 1.37 Å². The van der Waals surface area contributed by atoms with E-state index in [1.165, 1.54) is 57.8 Å². The molecule has 0 saturated heterocycles. The fourth-order valence-corrected chi connectivity index (χ4v) is 1.77. The summed E-state index contributed by atoms with van der Waals surface area (Å²) in [6, 6.07) is 0. The van der Waals surface area contributed by atoms with E-state index in [1.807, 2.05) is 0 Å².